The lowest BCUT2D eigenvalue weighted by molar-refractivity contribution is -0.130. The molecule has 0 saturated carbocycles. The molecule has 1 heterocycles. The van der Waals surface area contributed by atoms with Crippen molar-refractivity contribution >= 4 is 5.97 Å². The molecule has 0 amide bonds. The van der Waals surface area contributed by atoms with E-state index in [9.17, 15) is 4.79 Å². The van der Waals surface area contributed by atoms with Crippen LogP contribution in [0.2, 0.25) is 0 Å². The van der Waals surface area contributed by atoms with E-state index in [2.05, 4.69) is 16.0 Å². The number of hydrogen-bond acceptors (Lipinski definition) is 3. The predicted molar refractivity (Wildman–Crippen MR) is 44.8 cm³/mol. The van der Waals surface area contributed by atoms with Crippen molar-refractivity contribution in [3.8, 4) is 11.8 Å². The minimum absolute atomic E-state index is 0.393. The van der Waals surface area contributed by atoms with E-state index < -0.39 is 5.97 Å². The van der Waals surface area contributed by atoms with Gasteiger partial charge in [0.1, 0.15) is 6.33 Å². The van der Waals surface area contributed by atoms with Gasteiger partial charge in [-0.25, -0.2) is 14.5 Å². The summed E-state index contributed by atoms with van der Waals surface area (Å²) in [6.07, 6.45) is 2.27. The summed E-state index contributed by atoms with van der Waals surface area (Å²) in [5, 5.41) is 12.2. The molecular weight excluding hydrogens is 170 g/mol. The lowest BCUT2D eigenvalue weighted by Gasteiger charge is -1.96. The number of aliphatic carboxylic acids is 1. The predicted octanol–water partition coefficient (Wildman–Crippen LogP) is 0.124. The molecule has 0 spiro atoms. The molecule has 68 valence electrons. The molecule has 1 rings (SSSR count). The van der Waals surface area contributed by atoms with Crippen molar-refractivity contribution in [2.75, 3.05) is 0 Å². The number of hydrogen-bond donors (Lipinski definition) is 1. The van der Waals surface area contributed by atoms with Crippen molar-refractivity contribution in [3.63, 3.8) is 0 Å². The van der Waals surface area contributed by atoms with Crippen LogP contribution in [0.25, 0.3) is 0 Å². The second-order valence-electron chi connectivity index (χ2n) is 2.36. The van der Waals surface area contributed by atoms with Crippen LogP contribution in [0.1, 0.15) is 19.2 Å². The molecule has 0 saturated heterocycles. The summed E-state index contributed by atoms with van der Waals surface area (Å²) in [7, 11) is 0. The lowest BCUT2D eigenvalue weighted by atomic mass is 10.4. The second kappa shape index (κ2) is 4.26. The number of carboxylic acids is 1. The van der Waals surface area contributed by atoms with Crippen LogP contribution in [0.15, 0.2) is 6.33 Å². The molecule has 0 aliphatic carbocycles. The van der Waals surface area contributed by atoms with Gasteiger partial charge in [-0.1, -0.05) is 6.92 Å². The average molecular weight is 179 g/mol. The molecule has 1 aromatic rings. The van der Waals surface area contributed by atoms with E-state index in [0.29, 0.717) is 12.4 Å². The van der Waals surface area contributed by atoms with Crippen molar-refractivity contribution < 1.29 is 9.90 Å². The van der Waals surface area contributed by atoms with E-state index >= 15 is 0 Å². The third kappa shape index (κ3) is 2.60. The van der Waals surface area contributed by atoms with Crippen LogP contribution in [0.4, 0.5) is 0 Å². The van der Waals surface area contributed by atoms with Crippen LogP contribution in [0, 0.1) is 11.8 Å². The first-order valence-corrected chi connectivity index (χ1v) is 3.86. The van der Waals surface area contributed by atoms with Gasteiger partial charge in [-0.2, -0.15) is 5.10 Å². The Morgan fingerprint density at radius 3 is 3.15 bits per heavy atom. The van der Waals surface area contributed by atoms with Crippen LogP contribution in [-0.2, 0) is 11.3 Å². The van der Waals surface area contributed by atoms with E-state index in [-0.39, 0.29) is 0 Å². The summed E-state index contributed by atoms with van der Waals surface area (Å²) in [5.74, 6) is 3.64. The van der Waals surface area contributed by atoms with E-state index in [4.69, 9.17) is 5.11 Å². The largest absolute Gasteiger partial charge is 0.472 e. The number of carbonyl (C=O) groups is 1. The molecule has 5 heteroatoms. The standard InChI is InChI=1S/C8H9N3O2/c1-2-5-11-7(9-6-10-11)3-4-8(12)13/h6H,2,5H2,1H3,(H,12,13). The Morgan fingerprint density at radius 1 is 1.77 bits per heavy atom. The molecule has 13 heavy (non-hydrogen) atoms. The second-order valence-corrected chi connectivity index (χ2v) is 2.36. The molecule has 1 aromatic heterocycles. The van der Waals surface area contributed by atoms with Gasteiger partial charge in [0, 0.05) is 12.5 Å². The van der Waals surface area contributed by atoms with Gasteiger partial charge in [0.15, 0.2) is 0 Å². The molecule has 0 unspecified atom stereocenters. The van der Waals surface area contributed by atoms with E-state index in [0.717, 1.165) is 6.42 Å². The fraction of sp³-hybridized carbons (Fsp3) is 0.375. The van der Waals surface area contributed by atoms with Crippen LogP contribution < -0.4 is 0 Å². The van der Waals surface area contributed by atoms with Gasteiger partial charge in [0.25, 0.3) is 0 Å². The van der Waals surface area contributed by atoms with Crippen molar-refractivity contribution in [1.29, 1.82) is 0 Å². The van der Waals surface area contributed by atoms with Crippen molar-refractivity contribution in [2.24, 2.45) is 0 Å². The van der Waals surface area contributed by atoms with Crippen molar-refractivity contribution in [1.82, 2.24) is 14.8 Å². The fourth-order valence-corrected chi connectivity index (χ4v) is 0.846. The first-order valence-electron chi connectivity index (χ1n) is 3.86. The highest BCUT2D eigenvalue weighted by Crippen LogP contribution is 1.92. The summed E-state index contributed by atoms with van der Waals surface area (Å²) in [5.41, 5.74) is 0. The molecular formula is C8H9N3O2. The number of rotatable bonds is 2. The van der Waals surface area contributed by atoms with E-state index in [1.54, 1.807) is 4.68 Å². The van der Waals surface area contributed by atoms with Crippen LogP contribution in [-0.4, -0.2) is 25.8 Å². The molecule has 0 atom stereocenters. The number of aryl methyl sites for hydroxylation is 1. The zero-order valence-electron chi connectivity index (χ0n) is 7.19. The first kappa shape index (κ1) is 9.26. The summed E-state index contributed by atoms with van der Waals surface area (Å²) < 4.78 is 1.58. The minimum Gasteiger partial charge on any atom is -0.472 e. The van der Waals surface area contributed by atoms with Gasteiger partial charge in [-0.3, -0.25) is 0 Å². The maximum atomic E-state index is 10.1. The first-order chi connectivity index (χ1) is 6.24. The Morgan fingerprint density at radius 2 is 2.54 bits per heavy atom. The van der Waals surface area contributed by atoms with Gasteiger partial charge >= 0.3 is 5.97 Å². The summed E-state index contributed by atoms with van der Waals surface area (Å²) in [6, 6.07) is 0. The van der Waals surface area contributed by atoms with E-state index in [1.165, 1.54) is 6.33 Å². The molecule has 0 bridgehead atoms. The fourth-order valence-electron chi connectivity index (χ4n) is 0.846. The average Bonchev–Trinajstić information content (AvgIpc) is 2.49. The highest BCUT2D eigenvalue weighted by atomic mass is 16.4. The maximum Gasteiger partial charge on any atom is 0.382 e. The smallest absolute Gasteiger partial charge is 0.382 e. The van der Waals surface area contributed by atoms with Crippen LogP contribution in [0.5, 0.6) is 0 Å². The topological polar surface area (TPSA) is 68.0 Å². The molecule has 0 aliphatic heterocycles. The normalized spacial score (nSPS) is 9.00. The Hall–Kier alpha value is -1.83. The minimum atomic E-state index is -1.16. The van der Waals surface area contributed by atoms with Gasteiger partial charge < -0.3 is 5.11 Å². The third-order valence-electron chi connectivity index (χ3n) is 1.33. The molecule has 5 nitrogen and oxygen atoms in total. The highest BCUT2D eigenvalue weighted by Gasteiger charge is 1.98. The summed E-state index contributed by atoms with van der Waals surface area (Å²) in [4.78, 5) is 14.0. The van der Waals surface area contributed by atoms with Gasteiger partial charge in [-0.15, -0.1) is 0 Å². The van der Waals surface area contributed by atoms with Crippen LogP contribution >= 0.6 is 0 Å². The SMILES string of the molecule is CCCn1ncnc1C#CC(=O)O. The Kier molecular flexibility index (Phi) is 3.03. The number of nitrogens with zero attached hydrogens (tertiary/aromatic N) is 3. The highest BCUT2D eigenvalue weighted by molar-refractivity contribution is 5.86. The quantitative estimate of drug-likeness (QED) is 0.655. The Labute approximate surface area is 75.4 Å². The molecule has 0 aromatic carbocycles. The van der Waals surface area contributed by atoms with E-state index in [1.807, 2.05) is 12.8 Å². The Bertz CT molecular complexity index is 359. The van der Waals surface area contributed by atoms with Gasteiger partial charge in [0.05, 0.1) is 0 Å². The lowest BCUT2D eigenvalue weighted by Crippen LogP contribution is -2.02. The monoisotopic (exact) mass is 179 g/mol. The third-order valence-corrected chi connectivity index (χ3v) is 1.33. The zero-order chi connectivity index (χ0) is 9.68. The molecule has 1 N–H and O–H groups in total. The van der Waals surface area contributed by atoms with Crippen LogP contribution in [0.3, 0.4) is 0 Å². The maximum absolute atomic E-state index is 10.1. The van der Waals surface area contributed by atoms with Crippen molar-refractivity contribution in [3.05, 3.63) is 12.2 Å². The summed E-state index contributed by atoms with van der Waals surface area (Å²) >= 11 is 0. The molecule has 0 radical (unpaired) electrons. The summed E-state index contributed by atoms with van der Waals surface area (Å²) in [6.45, 7) is 2.69. The number of carboxylic acid groups (broad SMARTS) is 1. The van der Waals surface area contributed by atoms with Crippen molar-refractivity contribution in [2.45, 2.75) is 19.9 Å². The Balaban J connectivity index is 2.83. The van der Waals surface area contributed by atoms with Gasteiger partial charge in [-0.05, 0) is 12.3 Å². The number of aromatic nitrogens is 3. The van der Waals surface area contributed by atoms with Gasteiger partial charge in [0.2, 0.25) is 5.82 Å². The zero-order valence-corrected chi connectivity index (χ0v) is 7.19. The molecule has 0 aliphatic rings. The molecule has 0 fully saturated rings.